The molecule has 0 radical (unpaired) electrons. The molecule has 0 spiro atoms. The molecule has 0 unspecified atom stereocenters. The molecule has 0 aliphatic heterocycles. The van der Waals surface area contributed by atoms with E-state index in [-0.39, 0.29) is 24.4 Å². The van der Waals surface area contributed by atoms with E-state index in [9.17, 15) is 18.0 Å². The van der Waals surface area contributed by atoms with Crippen molar-refractivity contribution in [1.82, 2.24) is 9.62 Å². The molecule has 0 heterocycles. The van der Waals surface area contributed by atoms with E-state index in [1.54, 1.807) is 32.9 Å². The summed E-state index contributed by atoms with van der Waals surface area (Å²) in [7, 11) is -3.73. The fourth-order valence-corrected chi connectivity index (χ4v) is 4.13. The summed E-state index contributed by atoms with van der Waals surface area (Å²) in [5, 5.41) is 8.75. The van der Waals surface area contributed by atoms with Gasteiger partial charge in [-0.3, -0.25) is 9.59 Å². The second-order valence-corrected chi connectivity index (χ2v) is 7.38. The van der Waals surface area contributed by atoms with Crippen molar-refractivity contribution < 1.29 is 23.1 Å². The van der Waals surface area contributed by atoms with Gasteiger partial charge in [0.15, 0.2) is 0 Å². The minimum Gasteiger partial charge on any atom is -0.480 e. The molecule has 0 aliphatic carbocycles. The fraction of sp³-hybridized carbons (Fsp3) is 0.500. The number of hydrogen-bond acceptors (Lipinski definition) is 4. The SMILES string of the molecule is CCN(CC(=O)O)C(=O)CCNS(=O)(=O)c1c(C)cc(C)cc1C. The second-order valence-electron chi connectivity index (χ2n) is 5.68. The van der Waals surface area contributed by atoms with Crippen LogP contribution in [0.15, 0.2) is 17.0 Å². The summed E-state index contributed by atoms with van der Waals surface area (Å²) >= 11 is 0. The molecule has 1 aromatic rings. The van der Waals surface area contributed by atoms with Crippen molar-refractivity contribution in [3.8, 4) is 0 Å². The van der Waals surface area contributed by atoms with Crippen molar-refractivity contribution in [2.24, 2.45) is 0 Å². The van der Waals surface area contributed by atoms with Crippen LogP contribution in [-0.4, -0.2) is 49.9 Å². The number of aryl methyl sites for hydroxylation is 3. The molecule has 2 N–H and O–H groups in total. The van der Waals surface area contributed by atoms with Gasteiger partial charge >= 0.3 is 5.97 Å². The van der Waals surface area contributed by atoms with Crippen molar-refractivity contribution in [2.75, 3.05) is 19.6 Å². The average molecular weight is 356 g/mol. The zero-order valence-corrected chi connectivity index (χ0v) is 15.2. The molecule has 1 aromatic carbocycles. The Labute approximate surface area is 142 Å². The van der Waals surface area contributed by atoms with Gasteiger partial charge < -0.3 is 10.0 Å². The smallest absolute Gasteiger partial charge is 0.323 e. The lowest BCUT2D eigenvalue weighted by Gasteiger charge is -2.19. The van der Waals surface area contributed by atoms with E-state index in [1.165, 1.54) is 4.90 Å². The molecule has 0 fully saturated rings. The largest absolute Gasteiger partial charge is 0.480 e. The number of carboxylic acid groups (broad SMARTS) is 1. The number of aliphatic carboxylic acids is 1. The number of carbonyl (C=O) groups excluding carboxylic acids is 1. The van der Waals surface area contributed by atoms with E-state index in [4.69, 9.17) is 5.11 Å². The summed E-state index contributed by atoms with van der Waals surface area (Å²) < 4.78 is 27.3. The Morgan fingerprint density at radius 1 is 1.17 bits per heavy atom. The molecule has 0 atom stereocenters. The number of nitrogens with one attached hydrogen (secondary N) is 1. The molecule has 134 valence electrons. The lowest BCUT2D eigenvalue weighted by atomic mass is 10.1. The third kappa shape index (κ3) is 5.31. The fourth-order valence-electron chi connectivity index (χ4n) is 2.65. The molecular weight excluding hydrogens is 332 g/mol. The third-order valence-corrected chi connectivity index (χ3v) is 5.33. The van der Waals surface area contributed by atoms with Crippen LogP contribution in [0.5, 0.6) is 0 Å². The lowest BCUT2D eigenvalue weighted by Crippen LogP contribution is -2.37. The maximum Gasteiger partial charge on any atom is 0.323 e. The summed E-state index contributed by atoms with van der Waals surface area (Å²) in [6.45, 7) is 6.81. The molecule has 0 aliphatic rings. The first-order chi connectivity index (χ1) is 11.1. The van der Waals surface area contributed by atoms with Crippen LogP contribution in [0.3, 0.4) is 0 Å². The van der Waals surface area contributed by atoms with Gasteiger partial charge in [0.25, 0.3) is 0 Å². The summed E-state index contributed by atoms with van der Waals surface area (Å²) in [5.74, 6) is -1.50. The van der Waals surface area contributed by atoms with Crippen LogP contribution in [0, 0.1) is 20.8 Å². The molecule has 24 heavy (non-hydrogen) atoms. The number of rotatable bonds is 8. The number of benzene rings is 1. The second kappa shape index (κ2) is 8.25. The zero-order chi connectivity index (χ0) is 18.5. The monoisotopic (exact) mass is 356 g/mol. The topological polar surface area (TPSA) is 104 Å². The number of nitrogens with zero attached hydrogens (tertiary/aromatic N) is 1. The van der Waals surface area contributed by atoms with E-state index < -0.39 is 28.4 Å². The van der Waals surface area contributed by atoms with Crippen LogP contribution in [0.2, 0.25) is 0 Å². The minimum atomic E-state index is -3.73. The summed E-state index contributed by atoms with van der Waals surface area (Å²) in [6, 6.07) is 3.58. The summed E-state index contributed by atoms with van der Waals surface area (Å²) in [4.78, 5) is 24.0. The van der Waals surface area contributed by atoms with Gasteiger partial charge in [-0.1, -0.05) is 17.7 Å². The zero-order valence-electron chi connectivity index (χ0n) is 14.4. The standard InChI is InChI=1S/C16H24N2O5S/c1-5-18(10-15(20)21)14(19)6-7-17-24(22,23)16-12(3)8-11(2)9-13(16)4/h8-9,17H,5-7,10H2,1-4H3,(H,20,21). The average Bonchev–Trinajstić information content (AvgIpc) is 2.42. The van der Waals surface area contributed by atoms with Crippen LogP contribution in [-0.2, 0) is 19.6 Å². The Kier molecular flexibility index (Phi) is 6.92. The molecular formula is C16H24N2O5S. The number of sulfonamides is 1. The Bertz CT molecular complexity index is 705. The van der Waals surface area contributed by atoms with Gasteiger partial charge in [0, 0.05) is 19.5 Å². The van der Waals surface area contributed by atoms with E-state index in [0.29, 0.717) is 11.1 Å². The van der Waals surface area contributed by atoms with Gasteiger partial charge in [0.1, 0.15) is 6.54 Å². The van der Waals surface area contributed by atoms with Gasteiger partial charge in [0.05, 0.1) is 4.90 Å². The Hall–Kier alpha value is -1.93. The molecule has 0 aromatic heterocycles. The first-order valence-corrected chi connectivity index (χ1v) is 9.14. The van der Waals surface area contributed by atoms with Gasteiger partial charge in [-0.25, -0.2) is 13.1 Å². The van der Waals surface area contributed by atoms with E-state index in [2.05, 4.69) is 4.72 Å². The van der Waals surface area contributed by atoms with Crippen molar-refractivity contribution in [2.45, 2.75) is 39.0 Å². The highest BCUT2D eigenvalue weighted by atomic mass is 32.2. The third-order valence-electron chi connectivity index (χ3n) is 3.56. The lowest BCUT2D eigenvalue weighted by molar-refractivity contribution is -0.144. The highest BCUT2D eigenvalue weighted by molar-refractivity contribution is 7.89. The highest BCUT2D eigenvalue weighted by Crippen LogP contribution is 2.21. The van der Waals surface area contributed by atoms with E-state index in [0.717, 1.165) is 5.56 Å². The number of hydrogen-bond donors (Lipinski definition) is 2. The first kappa shape index (κ1) is 20.1. The van der Waals surface area contributed by atoms with Crippen LogP contribution in [0.1, 0.15) is 30.0 Å². The quantitative estimate of drug-likeness (QED) is 0.729. The molecule has 1 rings (SSSR count). The normalized spacial score (nSPS) is 11.3. The van der Waals surface area contributed by atoms with Gasteiger partial charge in [0.2, 0.25) is 15.9 Å². The number of carbonyl (C=O) groups is 2. The Morgan fingerprint density at radius 3 is 2.17 bits per heavy atom. The van der Waals surface area contributed by atoms with Crippen molar-refractivity contribution in [1.29, 1.82) is 0 Å². The van der Waals surface area contributed by atoms with E-state index >= 15 is 0 Å². The van der Waals surface area contributed by atoms with Crippen molar-refractivity contribution >= 4 is 21.9 Å². The maximum atomic E-state index is 12.5. The van der Waals surface area contributed by atoms with Crippen LogP contribution < -0.4 is 4.72 Å². The summed E-state index contributed by atoms with van der Waals surface area (Å²) in [6.07, 6.45) is -0.0929. The minimum absolute atomic E-state index is 0.0793. The molecule has 0 saturated carbocycles. The molecule has 8 heteroatoms. The molecule has 7 nitrogen and oxygen atoms in total. The van der Waals surface area contributed by atoms with Gasteiger partial charge in [-0.2, -0.15) is 0 Å². The van der Waals surface area contributed by atoms with Crippen LogP contribution >= 0.6 is 0 Å². The first-order valence-electron chi connectivity index (χ1n) is 7.65. The van der Waals surface area contributed by atoms with Gasteiger partial charge in [-0.05, 0) is 38.8 Å². The van der Waals surface area contributed by atoms with E-state index in [1.807, 2.05) is 6.92 Å². The Balaban J connectivity index is 2.77. The summed E-state index contributed by atoms with van der Waals surface area (Å²) in [5.41, 5.74) is 2.27. The molecule has 0 saturated heterocycles. The van der Waals surface area contributed by atoms with Gasteiger partial charge in [-0.15, -0.1) is 0 Å². The Morgan fingerprint density at radius 2 is 1.71 bits per heavy atom. The van der Waals surface area contributed by atoms with Crippen LogP contribution in [0.25, 0.3) is 0 Å². The molecule has 1 amide bonds. The predicted octanol–water partition coefficient (Wildman–Crippen LogP) is 1.21. The van der Waals surface area contributed by atoms with Crippen molar-refractivity contribution in [3.05, 3.63) is 28.8 Å². The van der Waals surface area contributed by atoms with Crippen LogP contribution in [0.4, 0.5) is 0 Å². The molecule has 0 bridgehead atoms. The predicted molar refractivity (Wildman–Crippen MR) is 90.3 cm³/mol. The van der Waals surface area contributed by atoms with Crippen molar-refractivity contribution in [3.63, 3.8) is 0 Å². The number of amides is 1. The maximum absolute atomic E-state index is 12.5. The number of carboxylic acids is 1. The highest BCUT2D eigenvalue weighted by Gasteiger charge is 2.21. The number of likely N-dealkylation sites (N-methyl/N-ethyl adjacent to an activating group) is 1.